The average Bonchev–Trinajstić information content (AvgIpc) is 3.70. The van der Waals surface area contributed by atoms with E-state index in [0.29, 0.717) is 36.5 Å². The second-order valence-corrected chi connectivity index (χ2v) is 14.0. The Morgan fingerprint density at radius 3 is 1.13 bits per heavy atom. The molecule has 0 radical (unpaired) electrons. The zero-order chi connectivity index (χ0) is 32.5. The van der Waals surface area contributed by atoms with E-state index in [1.807, 2.05) is 70.5 Å². The van der Waals surface area contributed by atoms with Crippen LogP contribution in [0.5, 0.6) is 0 Å². The van der Waals surface area contributed by atoms with Crippen molar-refractivity contribution < 1.29 is 29.4 Å². The summed E-state index contributed by atoms with van der Waals surface area (Å²) in [5.41, 5.74) is 1.87. The van der Waals surface area contributed by atoms with Crippen LogP contribution in [-0.4, -0.2) is 97.5 Å². The predicted octanol–water partition coefficient (Wildman–Crippen LogP) is 2.89. The van der Waals surface area contributed by atoms with Gasteiger partial charge in [-0.2, -0.15) is 0 Å². The summed E-state index contributed by atoms with van der Waals surface area (Å²) < 4.78 is 0. The molecule has 2 heterocycles. The minimum absolute atomic E-state index is 0. The van der Waals surface area contributed by atoms with Crippen LogP contribution in [0.15, 0.2) is 60.7 Å². The molecule has 0 aromatic heterocycles. The number of carboxylic acid groups (broad SMARTS) is 2. The van der Waals surface area contributed by atoms with Gasteiger partial charge in [0.2, 0.25) is 11.8 Å². The summed E-state index contributed by atoms with van der Waals surface area (Å²) >= 11 is 0. The Morgan fingerprint density at radius 2 is 0.851 bits per heavy atom. The second kappa shape index (κ2) is 18.4. The number of carboxylic acids is 2. The van der Waals surface area contributed by atoms with E-state index >= 15 is 0 Å². The molecule has 0 spiro atoms. The van der Waals surface area contributed by atoms with E-state index in [0.717, 1.165) is 37.3 Å². The van der Waals surface area contributed by atoms with Crippen LogP contribution in [0.4, 0.5) is 0 Å². The quantitative estimate of drug-likeness (QED) is 0.359. The number of carbonyl (C=O) groups excluding carboxylic acids is 4. The summed E-state index contributed by atoms with van der Waals surface area (Å²) in [6.07, 6.45) is 10.7. The molecule has 2 aliphatic carbocycles. The van der Waals surface area contributed by atoms with Crippen molar-refractivity contribution in [1.82, 2.24) is 9.80 Å². The van der Waals surface area contributed by atoms with Crippen molar-refractivity contribution in [2.45, 2.75) is 77.0 Å². The molecule has 2 aromatic rings. The van der Waals surface area contributed by atoms with Crippen molar-refractivity contribution in [3.8, 4) is 0 Å². The number of amides is 2. The third-order valence-corrected chi connectivity index (χ3v) is 10.8. The maximum Gasteiger partial charge on any atom is 2.00 e. The molecule has 2 amide bonds. The average molecular weight is 669 g/mol. The van der Waals surface area contributed by atoms with Crippen LogP contribution in [0.2, 0.25) is 0 Å². The Bertz CT molecular complexity index is 1190. The van der Waals surface area contributed by atoms with Crippen LogP contribution in [0.25, 0.3) is 0 Å². The summed E-state index contributed by atoms with van der Waals surface area (Å²) in [5.74, 6) is -1.27. The van der Waals surface area contributed by atoms with Crippen LogP contribution in [-0.2, 0) is 32.0 Å². The number of aliphatic carboxylic acids is 2. The van der Waals surface area contributed by atoms with Gasteiger partial charge < -0.3 is 29.6 Å². The van der Waals surface area contributed by atoms with E-state index in [1.54, 1.807) is 0 Å². The molecule has 0 bridgehead atoms. The first-order valence-corrected chi connectivity index (χ1v) is 17.3. The zero-order valence-electron chi connectivity index (χ0n) is 27.6. The molecule has 2 aliphatic heterocycles. The van der Waals surface area contributed by atoms with Crippen molar-refractivity contribution >= 4 is 61.5 Å². The number of likely N-dealkylation sites (tertiary alicyclic amines) is 2. The van der Waals surface area contributed by atoms with E-state index in [4.69, 9.17) is 0 Å². The van der Waals surface area contributed by atoms with Crippen LogP contribution >= 0.6 is 0 Å². The summed E-state index contributed by atoms with van der Waals surface area (Å²) in [6.45, 7) is 3.26. The van der Waals surface area contributed by atoms with Gasteiger partial charge in [0.05, 0.1) is 0 Å². The number of hydrogen-bond acceptors (Lipinski definition) is 6. The molecule has 2 saturated heterocycles. The third kappa shape index (κ3) is 10.8. The Hall–Kier alpha value is -2.42. The van der Waals surface area contributed by atoms with Gasteiger partial charge in [-0.25, -0.2) is 0 Å². The number of benzene rings is 2. The standard InChI is InChI=1S/2C19H25NO3.Ca/c2*21-18(20-12-15-8-4-5-9-16(15)13-20)11-17(19(22)23)10-14-6-2-1-3-7-14;/h2*1-3,6-7,15-17H,4-5,8-13H2,(H,22,23);/q;;+2/p-2/t2*15-,16+,17-;/m10./s1. The number of nitrogens with zero attached hydrogens (tertiary/aromatic N) is 2. The van der Waals surface area contributed by atoms with Crippen molar-refractivity contribution in [3.05, 3.63) is 71.8 Å². The number of rotatable bonds is 10. The van der Waals surface area contributed by atoms with Crippen molar-refractivity contribution in [1.29, 1.82) is 0 Å². The molecule has 2 saturated carbocycles. The Morgan fingerprint density at radius 1 is 0.553 bits per heavy atom. The molecule has 4 fully saturated rings. The van der Waals surface area contributed by atoms with Crippen molar-refractivity contribution in [2.75, 3.05) is 26.2 Å². The van der Waals surface area contributed by atoms with E-state index < -0.39 is 23.8 Å². The SMILES string of the molecule is O=C([O-])[C@@H](CC(=O)N1C[C@H]2CCCC[C@H]2C1)Cc1ccccc1.O=C([O-])[C@H](CC(=O)N1C[C@H]2CCCC[C@H]2C1)Cc1ccccc1.[Ca+2]. The molecule has 248 valence electrons. The molecular formula is C38H48CaN2O6. The zero-order valence-corrected chi connectivity index (χ0v) is 29.8. The number of fused-ring (bicyclic) bond motifs is 2. The Kier molecular flexibility index (Phi) is 14.6. The van der Waals surface area contributed by atoms with E-state index in [1.165, 1.54) is 51.4 Å². The Balaban J connectivity index is 0.000000208. The molecule has 6 rings (SSSR count). The van der Waals surface area contributed by atoms with Gasteiger partial charge in [0, 0.05) is 62.8 Å². The molecule has 0 N–H and O–H groups in total. The largest absolute Gasteiger partial charge is 2.00 e. The van der Waals surface area contributed by atoms with Gasteiger partial charge in [0.25, 0.3) is 0 Å². The smallest absolute Gasteiger partial charge is 0.550 e. The van der Waals surface area contributed by atoms with Crippen molar-refractivity contribution in [2.24, 2.45) is 35.5 Å². The fraction of sp³-hybridized carbons (Fsp3) is 0.579. The molecule has 0 unspecified atom stereocenters. The third-order valence-electron chi connectivity index (χ3n) is 10.8. The summed E-state index contributed by atoms with van der Waals surface area (Å²) in [7, 11) is 0. The van der Waals surface area contributed by atoms with Gasteiger partial charge in [-0.15, -0.1) is 0 Å². The van der Waals surface area contributed by atoms with E-state index in [9.17, 15) is 29.4 Å². The fourth-order valence-corrected chi connectivity index (χ4v) is 8.17. The molecule has 8 nitrogen and oxygen atoms in total. The fourth-order valence-electron chi connectivity index (χ4n) is 8.17. The van der Waals surface area contributed by atoms with Crippen LogP contribution in [0.3, 0.4) is 0 Å². The first-order chi connectivity index (χ1) is 22.3. The van der Waals surface area contributed by atoms with Gasteiger partial charge in [0.1, 0.15) is 0 Å². The molecule has 6 atom stereocenters. The summed E-state index contributed by atoms with van der Waals surface area (Å²) in [6, 6.07) is 18.9. The van der Waals surface area contributed by atoms with Crippen LogP contribution in [0, 0.1) is 35.5 Å². The first-order valence-electron chi connectivity index (χ1n) is 17.3. The molecular weight excluding hydrogens is 621 g/mol. The molecule has 4 aliphatic rings. The maximum absolute atomic E-state index is 12.5. The topological polar surface area (TPSA) is 121 Å². The van der Waals surface area contributed by atoms with Gasteiger partial charge in [0.15, 0.2) is 0 Å². The summed E-state index contributed by atoms with van der Waals surface area (Å²) in [4.78, 5) is 51.7. The maximum atomic E-state index is 12.5. The normalized spacial score (nSPS) is 24.4. The van der Waals surface area contributed by atoms with Crippen LogP contribution in [0.1, 0.15) is 75.3 Å². The Labute approximate surface area is 309 Å². The first kappa shape index (κ1) is 37.4. The minimum atomic E-state index is -1.13. The van der Waals surface area contributed by atoms with E-state index in [2.05, 4.69) is 0 Å². The predicted molar refractivity (Wildman–Crippen MR) is 176 cm³/mol. The second-order valence-electron chi connectivity index (χ2n) is 14.0. The van der Waals surface area contributed by atoms with Gasteiger partial charge in [-0.05, 0) is 73.3 Å². The number of hydrogen-bond donors (Lipinski definition) is 0. The van der Waals surface area contributed by atoms with Crippen molar-refractivity contribution in [3.63, 3.8) is 0 Å². The van der Waals surface area contributed by atoms with Gasteiger partial charge in [-0.3, -0.25) is 9.59 Å². The van der Waals surface area contributed by atoms with E-state index in [-0.39, 0.29) is 62.4 Å². The van der Waals surface area contributed by atoms with Crippen LogP contribution < -0.4 is 10.2 Å². The summed E-state index contributed by atoms with van der Waals surface area (Å²) in [5, 5.41) is 22.8. The van der Waals surface area contributed by atoms with Gasteiger partial charge in [-0.1, -0.05) is 86.3 Å². The minimum Gasteiger partial charge on any atom is -0.550 e. The molecule has 2 aromatic carbocycles. The molecule has 9 heteroatoms. The molecule has 47 heavy (non-hydrogen) atoms. The number of carbonyl (C=O) groups is 4. The van der Waals surface area contributed by atoms with Gasteiger partial charge >= 0.3 is 37.7 Å². The monoisotopic (exact) mass is 668 g/mol.